The Morgan fingerprint density at radius 3 is 2.43 bits per heavy atom. The summed E-state index contributed by atoms with van der Waals surface area (Å²) in [5.41, 5.74) is 6.01. The molecule has 1 amide bonds. The van der Waals surface area contributed by atoms with Gasteiger partial charge in [-0.2, -0.15) is 5.10 Å². The Labute approximate surface area is 124 Å². The van der Waals surface area contributed by atoms with Gasteiger partial charge in [-0.1, -0.05) is 29.8 Å². The molecular weight excluding hydrogens is 264 g/mol. The number of benzene rings is 2. The second kappa shape index (κ2) is 6.70. The lowest BCUT2D eigenvalue weighted by molar-refractivity contribution is 0.0955. The van der Waals surface area contributed by atoms with Gasteiger partial charge in [0.1, 0.15) is 5.75 Å². The van der Waals surface area contributed by atoms with E-state index in [-0.39, 0.29) is 5.91 Å². The Hall–Kier alpha value is -2.62. The fraction of sp³-hybridized carbons (Fsp3) is 0.176. The maximum absolute atomic E-state index is 12.0. The van der Waals surface area contributed by atoms with Gasteiger partial charge in [-0.15, -0.1) is 0 Å². The molecule has 0 atom stereocenters. The summed E-state index contributed by atoms with van der Waals surface area (Å²) >= 11 is 0. The van der Waals surface area contributed by atoms with Crippen LogP contribution >= 0.6 is 0 Å². The summed E-state index contributed by atoms with van der Waals surface area (Å²) in [5, 5.41) is 4.14. The SMILES string of the molecule is COc1ccc(C(=O)NN=C(C)c2cccc(C)c2)cc1. The van der Waals surface area contributed by atoms with Gasteiger partial charge in [0, 0.05) is 5.56 Å². The number of amides is 1. The Kier molecular flexibility index (Phi) is 4.72. The van der Waals surface area contributed by atoms with Gasteiger partial charge in [0.2, 0.25) is 0 Å². The molecule has 0 spiro atoms. The second-order valence-corrected chi connectivity index (χ2v) is 4.74. The zero-order valence-electron chi connectivity index (χ0n) is 12.4. The summed E-state index contributed by atoms with van der Waals surface area (Å²) in [6, 6.07) is 14.9. The smallest absolute Gasteiger partial charge is 0.271 e. The van der Waals surface area contributed by atoms with Crippen molar-refractivity contribution in [3.8, 4) is 5.75 Å². The van der Waals surface area contributed by atoms with Gasteiger partial charge in [0.15, 0.2) is 0 Å². The molecule has 0 aromatic heterocycles. The zero-order valence-corrected chi connectivity index (χ0v) is 12.4. The van der Waals surface area contributed by atoms with E-state index in [2.05, 4.69) is 10.5 Å². The molecule has 0 unspecified atom stereocenters. The highest BCUT2D eigenvalue weighted by Crippen LogP contribution is 2.11. The fourth-order valence-corrected chi connectivity index (χ4v) is 1.88. The normalized spacial score (nSPS) is 11.1. The number of carbonyl (C=O) groups excluding carboxylic acids is 1. The van der Waals surface area contributed by atoms with Crippen molar-refractivity contribution in [1.82, 2.24) is 5.43 Å². The maximum atomic E-state index is 12.0. The topological polar surface area (TPSA) is 50.7 Å². The van der Waals surface area contributed by atoms with E-state index in [0.717, 1.165) is 16.8 Å². The lowest BCUT2D eigenvalue weighted by atomic mass is 10.1. The van der Waals surface area contributed by atoms with Crippen LogP contribution in [0.1, 0.15) is 28.4 Å². The molecule has 4 nitrogen and oxygen atoms in total. The van der Waals surface area contributed by atoms with Crippen LogP contribution < -0.4 is 10.2 Å². The molecular formula is C17H18N2O2. The molecule has 4 heteroatoms. The minimum Gasteiger partial charge on any atom is -0.497 e. The molecule has 0 aliphatic carbocycles. The van der Waals surface area contributed by atoms with E-state index >= 15 is 0 Å². The Balaban J connectivity index is 2.06. The van der Waals surface area contributed by atoms with Crippen LogP contribution in [0.4, 0.5) is 0 Å². The van der Waals surface area contributed by atoms with Crippen molar-refractivity contribution in [2.24, 2.45) is 5.10 Å². The molecule has 0 bridgehead atoms. The number of hydrazone groups is 1. The van der Waals surface area contributed by atoms with Gasteiger partial charge in [-0.3, -0.25) is 4.79 Å². The van der Waals surface area contributed by atoms with Crippen molar-refractivity contribution < 1.29 is 9.53 Å². The van der Waals surface area contributed by atoms with E-state index in [1.54, 1.807) is 31.4 Å². The number of hydrogen-bond donors (Lipinski definition) is 1. The number of rotatable bonds is 4. The molecule has 21 heavy (non-hydrogen) atoms. The molecule has 0 aliphatic rings. The third-order valence-electron chi connectivity index (χ3n) is 3.11. The van der Waals surface area contributed by atoms with E-state index < -0.39 is 0 Å². The number of ether oxygens (including phenoxy) is 1. The molecule has 0 saturated heterocycles. The molecule has 0 radical (unpaired) electrons. The van der Waals surface area contributed by atoms with E-state index in [9.17, 15) is 4.79 Å². The van der Waals surface area contributed by atoms with E-state index in [1.807, 2.05) is 38.1 Å². The average molecular weight is 282 g/mol. The van der Waals surface area contributed by atoms with Crippen molar-refractivity contribution in [2.75, 3.05) is 7.11 Å². The molecule has 1 N–H and O–H groups in total. The Bertz CT molecular complexity index is 661. The van der Waals surface area contributed by atoms with Crippen molar-refractivity contribution >= 4 is 11.6 Å². The number of nitrogens with zero attached hydrogens (tertiary/aromatic N) is 1. The Morgan fingerprint density at radius 1 is 1.10 bits per heavy atom. The average Bonchev–Trinajstić information content (AvgIpc) is 2.52. The van der Waals surface area contributed by atoms with Crippen molar-refractivity contribution in [3.05, 3.63) is 65.2 Å². The molecule has 2 aromatic rings. The maximum Gasteiger partial charge on any atom is 0.271 e. The molecule has 0 heterocycles. The quantitative estimate of drug-likeness (QED) is 0.691. The summed E-state index contributed by atoms with van der Waals surface area (Å²) in [6.07, 6.45) is 0. The van der Waals surface area contributed by atoms with Crippen LogP contribution in [-0.4, -0.2) is 18.7 Å². The minimum atomic E-state index is -0.246. The highest BCUT2D eigenvalue weighted by molar-refractivity contribution is 6.00. The summed E-state index contributed by atoms with van der Waals surface area (Å²) in [5.74, 6) is 0.468. The third kappa shape index (κ3) is 3.92. The van der Waals surface area contributed by atoms with Gasteiger partial charge < -0.3 is 4.74 Å². The van der Waals surface area contributed by atoms with Gasteiger partial charge in [-0.25, -0.2) is 5.43 Å². The van der Waals surface area contributed by atoms with E-state index in [0.29, 0.717) is 11.3 Å². The first-order valence-corrected chi connectivity index (χ1v) is 6.66. The van der Waals surface area contributed by atoms with Gasteiger partial charge in [0.25, 0.3) is 5.91 Å². The predicted octanol–water partition coefficient (Wildman–Crippen LogP) is 3.16. The number of nitrogens with one attached hydrogen (secondary N) is 1. The highest BCUT2D eigenvalue weighted by atomic mass is 16.5. The van der Waals surface area contributed by atoms with Crippen LogP contribution in [0.2, 0.25) is 0 Å². The monoisotopic (exact) mass is 282 g/mol. The van der Waals surface area contributed by atoms with Gasteiger partial charge in [-0.05, 0) is 43.7 Å². The summed E-state index contributed by atoms with van der Waals surface area (Å²) < 4.78 is 5.06. The summed E-state index contributed by atoms with van der Waals surface area (Å²) in [6.45, 7) is 3.88. The van der Waals surface area contributed by atoms with Crippen LogP contribution in [0.15, 0.2) is 53.6 Å². The van der Waals surface area contributed by atoms with Gasteiger partial charge >= 0.3 is 0 Å². The van der Waals surface area contributed by atoms with Crippen LogP contribution in [0.25, 0.3) is 0 Å². The van der Waals surface area contributed by atoms with Crippen molar-refractivity contribution in [3.63, 3.8) is 0 Å². The molecule has 2 rings (SSSR count). The first-order valence-electron chi connectivity index (χ1n) is 6.66. The lowest BCUT2D eigenvalue weighted by Gasteiger charge is -2.05. The molecule has 2 aromatic carbocycles. The van der Waals surface area contributed by atoms with E-state index in [1.165, 1.54) is 0 Å². The fourth-order valence-electron chi connectivity index (χ4n) is 1.88. The van der Waals surface area contributed by atoms with E-state index in [4.69, 9.17) is 4.74 Å². The largest absolute Gasteiger partial charge is 0.497 e. The molecule has 0 aliphatic heterocycles. The summed E-state index contributed by atoms with van der Waals surface area (Å²) in [7, 11) is 1.59. The molecule has 108 valence electrons. The number of carbonyl (C=O) groups is 1. The first kappa shape index (κ1) is 14.8. The van der Waals surface area contributed by atoms with Crippen LogP contribution in [0, 0.1) is 6.92 Å². The zero-order chi connectivity index (χ0) is 15.2. The number of hydrogen-bond acceptors (Lipinski definition) is 3. The third-order valence-corrected chi connectivity index (χ3v) is 3.11. The molecule has 0 saturated carbocycles. The van der Waals surface area contributed by atoms with Crippen molar-refractivity contribution in [1.29, 1.82) is 0 Å². The van der Waals surface area contributed by atoms with Crippen LogP contribution in [0.3, 0.4) is 0 Å². The van der Waals surface area contributed by atoms with Crippen molar-refractivity contribution in [2.45, 2.75) is 13.8 Å². The molecule has 0 fully saturated rings. The van der Waals surface area contributed by atoms with Gasteiger partial charge in [0.05, 0.1) is 12.8 Å². The lowest BCUT2D eigenvalue weighted by Crippen LogP contribution is -2.19. The summed E-state index contributed by atoms with van der Waals surface area (Å²) in [4.78, 5) is 12.0. The highest BCUT2D eigenvalue weighted by Gasteiger charge is 2.05. The number of aryl methyl sites for hydroxylation is 1. The second-order valence-electron chi connectivity index (χ2n) is 4.74. The standard InChI is InChI=1S/C17H18N2O2/c1-12-5-4-6-15(11-12)13(2)18-19-17(20)14-7-9-16(21-3)10-8-14/h4-11H,1-3H3,(H,19,20). The number of methoxy groups -OCH3 is 1. The first-order chi connectivity index (χ1) is 10.1. The van der Waals surface area contributed by atoms with Crippen LogP contribution in [0.5, 0.6) is 5.75 Å². The predicted molar refractivity (Wildman–Crippen MR) is 83.9 cm³/mol. The van der Waals surface area contributed by atoms with Crippen LogP contribution in [-0.2, 0) is 0 Å². The minimum absolute atomic E-state index is 0.246. The Morgan fingerprint density at radius 2 is 1.81 bits per heavy atom.